The van der Waals surface area contributed by atoms with Gasteiger partial charge < -0.3 is 28.4 Å². The number of hydrogen-bond acceptors (Lipinski definition) is 8. The first-order valence-corrected chi connectivity index (χ1v) is 10.5. The monoisotopic (exact) mass is 418 g/mol. The van der Waals surface area contributed by atoms with Crippen molar-refractivity contribution in [3.63, 3.8) is 0 Å². The second-order valence-electron chi connectivity index (χ2n) is 8.25. The van der Waals surface area contributed by atoms with Crippen molar-refractivity contribution < 1.29 is 38.0 Å². The zero-order valence-corrected chi connectivity index (χ0v) is 16.9. The fraction of sp³-hybridized carbons (Fsp3) is 0.636. The van der Waals surface area contributed by atoms with Crippen molar-refractivity contribution in [2.45, 2.75) is 74.7 Å². The summed E-state index contributed by atoms with van der Waals surface area (Å²) in [5.41, 5.74) is 1.06. The summed E-state index contributed by atoms with van der Waals surface area (Å²) in [6.07, 6.45) is -0.470. The highest BCUT2D eigenvalue weighted by Crippen LogP contribution is 2.50. The van der Waals surface area contributed by atoms with Crippen LogP contribution >= 0.6 is 0 Å². The van der Waals surface area contributed by atoms with Crippen molar-refractivity contribution in [3.05, 3.63) is 35.9 Å². The lowest BCUT2D eigenvalue weighted by atomic mass is 9.85. The van der Waals surface area contributed by atoms with Gasteiger partial charge in [0, 0.05) is 6.42 Å². The van der Waals surface area contributed by atoms with Crippen LogP contribution in [0.1, 0.15) is 31.2 Å². The van der Waals surface area contributed by atoms with E-state index in [4.69, 9.17) is 28.4 Å². The third-order valence-electron chi connectivity index (χ3n) is 6.35. The highest BCUT2D eigenvalue weighted by Gasteiger charge is 2.70. The van der Waals surface area contributed by atoms with Gasteiger partial charge in [-0.25, -0.2) is 0 Å². The van der Waals surface area contributed by atoms with Gasteiger partial charge in [-0.15, -0.1) is 0 Å². The van der Waals surface area contributed by atoms with E-state index in [0.717, 1.165) is 5.56 Å². The maximum atomic E-state index is 13.0. The predicted molar refractivity (Wildman–Crippen MR) is 101 cm³/mol. The van der Waals surface area contributed by atoms with Gasteiger partial charge in [0.1, 0.15) is 18.3 Å². The van der Waals surface area contributed by atoms with Crippen molar-refractivity contribution >= 4 is 11.8 Å². The molecule has 4 saturated heterocycles. The SMILES string of the molecule is COC(=O)C[C@H]1CCC2O[C@H]3C(=O)C4(CCOCc5ccccc5)OC(C3O4)[C@H]2O1. The Hall–Kier alpha value is -1.84. The molecule has 0 spiro atoms. The minimum atomic E-state index is -1.33. The fourth-order valence-corrected chi connectivity index (χ4v) is 4.86. The molecule has 0 amide bonds. The number of hydrogen-bond donors (Lipinski definition) is 0. The first-order valence-electron chi connectivity index (χ1n) is 10.5. The minimum Gasteiger partial charge on any atom is -0.469 e. The first-order chi connectivity index (χ1) is 14.6. The number of ether oxygens (including phenoxy) is 6. The van der Waals surface area contributed by atoms with Crippen LogP contribution in [0.2, 0.25) is 0 Å². The van der Waals surface area contributed by atoms with Crippen molar-refractivity contribution in [2.24, 2.45) is 0 Å². The molecule has 0 radical (unpaired) electrons. The van der Waals surface area contributed by atoms with Gasteiger partial charge >= 0.3 is 5.97 Å². The number of Topliss-reactive ketones (excluding diaryl/α,β-unsaturated/α-hetero) is 1. The van der Waals surface area contributed by atoms with Gasteiger partial charge in [0.15, 0.2) is 6.10 Å². The Morgan fingerprint density at radius 1 is 1.10 bits per heavy atom. The van der Waals surface area contributed by atoms with E-state index in [9.17, 15) is 9.59 Å². The van der Waals surface area contributed by atoms with Crippen molar-refractivity contribution in [1.29, 1.82) is 0 Å². The lowest BCUT2D eigenvalue weighted by Crippen LogP contribution is -2.64. The Labute approximate surface area is 174 Å². The largest absolute Gasteiger partial charge is 0.469 e. The topological polar surface area (TPSA) is 89.5 Å². The van der Waals surface area contributed by atoms with Gasteiger partial charge in [-0.2, -0.15) is 0 Å². The maximum absolute atomic E-state index is 13.0. The Kier molecular flexibility index (Phi) is 5.37. The van der Waals surface area contributed by atoms with Gasteiger partial charge in [0.2, 0.25) is 11.6 Å². The van der Waals surface area contributed by atoms with Crippen LogP contribution in [-0.4, -0.2) is 67.9 Å². The second-order valence-corrected chi connectivity index (χ2v) is 8.25. The number of methoxy groups -OCH3 is 1. The van der Waals surface area contributed by atoms with E-state index >= 15 is 0 Å². The van der Waals surface area contributed by atoms with Crippen LogP contribution in [0, 0.1) is 0 Å². The molecule has 0 N–H and O–H groups in total. The molecule has 30 heavy (non-hydrogen) atoms. The molecule has 4 heterocycles. The van der Waals surface area contributed by atoms with Crippen LogP contribution in [0.3, 0.4) is 0 Å². The molecule has 4 aliphatic heterocycles. The molecule has 4 aliphatic rings. The number of benzene rings is 1. The second kappa shape index (κ2) is 8.01. The lowest BCUT2D eigenvalue weighted by Gasteiger charge is -2.47. The van der Waals surface area contributed by atoms with Gasteiger partial charge in [0.05, 0.1) is 39.0 Å². The highest BCUT2D eigenvalue weighted by molar-refractivity contribution is 5.93. The zero-order valence-electron chi connectivity index (χ0n) is 16.9. The van der Waals surface area contributed by atoms with Gasteiger partial charge in [0.25, 0.3) is 0 Å². The number of fused-ring (bicyclic) bond motifs is 3. The number of carbonyl (C=O) groups excluding carboxylic acids is 2. The van der Waals surface area contributed by atoms with Gasteiger partial charge in [-0.05, 0) is 18.4 Å². The van der Waals surface area contributed by atoms with E-state index < -0.39 is 18.0 Å². The fourth-order valence-electron chi connectivity index (χ4n) is 4.86. The van der Waals surface area contributed by atoms with E-state index in [2.05, 4.69) is 0 Å². The van der Waals surface area contributed by atoms with Crippen LogP contribution in [0.4, 0.5) is 0 Å². The molecule has 0 aliphatic carbocycles. The summed E-state index contributed by atoms with van der Waals surface area (Å²) in [6, 6.07) is 9.84. The van der Waals surface area contributed by atoms with E-state index in [1.807, 2.05) is 30.3 Å². The van der Waals surface area contributed by atoms with Crippen LogP contribution in [0.15, 0.2) is 30.3 Å². The van der Waals surface area contributed by atoms with Crippen LogP contribution in [0.5, 0.6) is 0 Å². The normalized spacial score (nSPS) is 39.0. The standard InChI is InChI=1S/C22H26O8/c1-25-16(23)11-14-7-8-15-17(27-14)18-19-20(28-15)21(24)22(29-18,30-19)9-10-26-12-13-5-3-2-4-6-13/h2-6,14-15,17-20H,7-12H2,1H3/t14-,15?,17+,18?,19?,20-,22?/m1/s1. The van der Waals surface area contributed by atoms with Crippen LogP contribution in [-0.2, 0) is 44.6 Å². The number of rotatable bonds is 7. The van der Waals surface area contributed by atoms with E-state index in [1.54, 1.807) is 0 Å². The van der Waals surface area contributed by atoms with Gasteiger partial charge in [-0.3, -0.25) is 9.59 Å². The van der Waals surface area contributed by atoms with Crippen molar-refractivity contribution in [1.82, 2.24) is 0 Å². The molecule has 4 fully saturated rings. The molecule has 4 unspecified atom stereocenters. The quantitative estimate of drug-likeness (QED) is 0.487. The average molecular weight is 418 g/mol. The summed E-state index contributed by atoms with van der Waals surface area (Å²) < 4.78 is 34.9. The molecule has 2 bridgehead atoms. The van der Waals surface area contributed by atoms with Crippen molar-refractivity contribution in [3.8, 4) is 0 Å². The summed E-state index contributed by atoms with van der Waals surface area (Å²) in [5.74, 6) is -1.80. The first kappa shape index (κ1) is 20.1. The molecule has 0 aromatic heterocycles. The van der Waals surface area contributed by atoms with Gasteiger partial charge in [-0.1, -0.05) is 30.3 Å². The Bertz CT molecular complexity index is 798. The smallest absolute Gasteiger partial charge is 0.308 e. The molecular weight excluding hydrogens is 392 g/mol. The molecule has 1 aromatic carbocycles. The summed E-state index contributed by atoms with van der Waals surface area (Å²) in [6.45, 7) is 0.785. The summed E-state index contributed by atoms with van der Waals surface area (Å²) in [7, 11) is 1.37. The van der Waals surface area contributed by atoms with Crippen LogP contribution in [0.25, 0.3) is 0 Å². The summed E-state index contributed by atoms with van der Waals surface area (Å²) in [5, 5.41) is 0. The van der Waals surface area contributed by atoms with E-state index in [-0.39, 0.29) is 42.6 Å². The molecule has 162 valence electrons. The molecule has 1 aromatic rings. The van der Waals surface area contributed by atoms with E-state index in [0.29, 0.717) is 32.5 Å². The maximum Gasteiger partial charge on any atom is 0.308 e. The summed E-state index contributed by atoms with van der Waals surface area (Å²) in [4.78, 5) is 24.6. The third-order valence-corrected chi connectivity index (χ3v) is 6.35. The Morgan fingerprint density at radius 3 is 2.70 bits per heavy atom. The Morgan fingerprint density at radius 2 is 1.90 bits per heavy atom. The predicted octanol–water partition coefficient (Wildman–Crippen LogP) is 1.53. The molecule has 8 heteroatoms. The molecule has 7 atom stereocenters. The molecule has 0 saturated carbocycles. The zero-order chi connectivity index (χ0) is 20.7. The van der Waals surface area contributed by atoms with Crippen LogP contribution < -0.4 is 0 Å². The minimum absolute atomic E-state index is 0.165. The van der Waals surface area contributed by atoms with E-state index in [1.165, 1.54) is 7.11 Å². The molecule has 8 nitrogen and oxygen atoms in total. The highest BCUT2D eigenvalue weighted by atomic mass is 16.8. The molecular formula is C22H26O8. The number of esters is 1. The summed E-state index contributed by atoms with van der Waals surface area (Å²) >= 11 is 0. The number of ketones is 1. The van der Waals surface area contributed by atoms with Crippen molar-refractivity contribution in [2.75, 3.05) is 13.7 Å². The lowest BCUT2D eigenvalue weighted by molar-refractivity contribution is -0.255. The Balaban J connectivity index is 1.21. The average Bonchev–Trinajstić information content (AvgIpc) is 3.29. The number of carbonyl (C=O) groups is 2. The third kappa shape index (κ3) is 3.46. The molecule has 5 rings (SSSR count).